The topological polar surface area (TPSA) is 71.0 Å². The third-order valence-corrected chi connectivity index (χ3v) is 5.47. The molecule has 0 spiro atoms. The monoisotopic (exact) mass is 326 g/mol. The summed E-state index contributed by atoms with van der Waals surface area (Å²) in [5, 5.41) is 13.4. The molecule has 0 bridgehead atoms. The number of carbonyl (C=O) groups excluding carboxylic acids is 1. The summed E-state index contributed by atoms with van der Waals surface area (Å²) in [6.07, 6.45) is 5.42. The van der Waals surface area contributed by atoms with Crippen LogP contribution in [0.4, 0.5) is 0 Å². The largest absolute Gasteiger partial charge is 0.388 e. The molecule has 2 aliphatic heterocycles. The van der Waals surface area contributed by atoms with Crippen LogP contribution in [0.15, 0.2) is 0 Å². The Morgan fingerprint density at radius 3 is 2.78 bits per heavy atom. The summed E-state index contributed by atoms with van der Waals surface area (Å²) in [5.41, 5.74) is -0.780. The molecule has 6 nitrogen and oxygen atoms in total. The summed E-state index contributed by atoms with van der Waals surface area (Å²) < 4.78 is 10.9. The van der Waals surface area contributed by atoms with Gasteiger partial charge in [-0.25, -0.2) is 0 Å². The first-order valence-corrected chi connectivity index (χ1v) is 9.06. The number of ether oxygens (including phenoxy) is 2. The molecular weight excluding hydrogens is 296 g/mol. The summed E-state index contributed by atoms with van der Waals surface area (Å²) in [4.78, 5) is 14.9. The van der Waals surface area contributed by atoms with Crippen molar-refractivity contribution in [3.05, 3.63) is 0 Å². The van der Waals surface area contributed by atoms with Crippen LogP contribution >= 0.6 is 0 Å². The van der Waals surface area contributed by atoms with Gasteiger partial charge in [-0.1, -0.05) is 0 Å². The van der Waals surface area contributed by atoms with Crippen LogP contribution < -0.4 is 5.32 Å². The lowest BCUT2D eigenvalue weighted by Crippen LogP contribution is -2.57. The van der Waals surface area contributed by atoms with Gasteiger partial charge in [-0.2, -0.15) is 0 Å². The van der Waals surface area contributed by atoms with Crippen molar-refractivity contribution in [2.75, 3.05) is 32.9 Å². The lowest BCUT2D eigenvalue weighted by molar-refractivity contribution is -0.143. The summed E-state index contributed by atoms with van der Waals surface area (Å²) in [6.45, 7) is 5.58. The molecule has 3 aliphatic rings. The van der Waals surface area contributed by atoms with Crippen molar-refractivity contribution in [1.29, 1.82) is 0 Å². The molecular formula is C17H30N2O4. The van der Waals surface area contributed by atoms with Gasteiger partial charge >= 0.3 is 0 Å². The number of amides is 1. The molecule has 2 N–H and O–H groups in total. The highest BCUT2D eigenvalue weighted by atomic mass is 16.5. The zero-order chi connectivity index (χ0) is 16.3. The fourth-order valence-electron chi connectivity index (χ4n) is 4.18. The minimum absolute atomic E-state index is 0.0375. The third kappa shape index (κ3) is 4.05. The summed E-state index contributed by atoms with van der Waals surface area (Å²) >= 11 is 0. The van der Waals surface area contributed by atoms with E-state index in [1.165, 1.54) is 0 Å². The van der Waals surface area contributed by atoms with E-state index in [0.717, 1.165) is 45.4 Å². The number of nitrogens with zero attached hydrogens (tertiary/aromatic N) is 1. The summed E-state index contributed by atoms with van der Waals surface area (Å²) in [5.74, 6) is 0.0716. The van der Waals surface area contributed by atoms with Crippen LogP contribution in [-0.2, 0) is 14.3 Å². The Morgan fingerprint density at radius 2 is 2.09 bits per heavy atom. The summed E-state index contributed by atoms with van der Waals surface area (Å²) in [6, 6.07) is 0.431. The third-order valence-electron chi connectivity index (χ3n) is 5.47. The second-order valence-corrected chi connectivity index (χ2v) is 7.17. The molecule has 0 aromatic carbocycles. The van der Waals surface area contributed by atoms with Crippen LogP contribution in [0.25, 0.3) is 0 Å². The minimum Gasteiger partial charge on any atom is -0.388 e. The average Bonchev–Trinajstić information content (AvgIpc) is 3.02. The van der Waals surface area contributed by atoms with Crippen LogP contribution in [0.2, 0.25) is 0 Å². The maximum absolute atomic E-state index is 12.6. The highest BCUT2D eigenvalue weighted by Crippen LogP contribution is 2.34. The fourth-order valence-corrected chi connectivity index (χ4v) is 4.18. The first-order chi connectivity index (χ1) is 11.1. The van der Waals surface area contributed by atoms with Gasteiger partial charge in [0.15, 0.2) is 0 Å². The Morgan fingerprint density at radius 1 is 1.35 bits per heavy atom. The van der Waals surface area contributed by atoms with E-state index < -0.39 is 5.60 Å². The lowest BCUT2D eigenvalue weighted by atomic mass is 9.77. The molecule has 2 heterocycles. The Labute approximate surface area is 138 Å². The molecule has 1 saturated carbocycles. The predicted octanol–water partition coefficient (Wildman–Crippen LogP) is 0.676. The van der Waals surface area contributed by atoms with Crippen molar-refractivity contribution in [2.24, 2.45) is 0 Å². The zero-order valence-corrected chi connectivity index (χ0v) is 14.1. The second kappa shape index (κ2) is 7.47. The van der Waals surface area contributed by atoms with Crippen molar-refractivity contribution in [1.82, 2.24) is 10.2 Å². The van der Waals surface area contributed by atoms with Crippen molar-refractivity contribution in [2.45, 2.75) is 69.2 Å². The maximum atomic E-state index is 12.6. The molecule has 1 unspecified atom stereocenters. The van der Waals surface area contributed by atoms with Crippen LogP contribution in [0, 0.1) is 0 Å². The van der Waals surface area contributed by atoms with Gasteiger partial charge in [0.1, 0.15) is 0 Å². The molecule has 1 aliphatic carbocycles. The van der Waals surface area contributed by atoms with E-state index in [0.29, 0.717) is 32.0 Å². The van der Waals surface area contributed by atoms with E-state index >= 15 is 0 Å². The molecule has 0 radical (unpaired) electrons. The van der Waals surface area contributed by atoms with Crippen LogP contribution in [0.3, 0.4) is 0 Å². The van der Waals surface area contributed by atoms with Gasteiger partial charge in [-0.05, 0) is 39.2 Å². The van der Waals surface area contributed by atoms with Crippen molar-refractivity contribution < 1.29 is 19.4 Å². The van der Waals surface area contributed by atoms with Gasteiger partial charge in [0, 0.05) is 45.2 Å². The molecule has 132 valence electrons. The Bertz CT molecular complexity index is 405. The minimum atomic E-state index is -0.780. The number of likely N-dealkylation sites (tertiary alicyclic amines) is 1. The number of hydrogen-bond acceptors (Lipinski definition) is 5. The molecule has 1 amide bonds. The van der Waals surface area contributed by atoms with Gasteiger partial charge in [0.25, 0.3) is 0 Å². The Hall–Kier alpha value is -0.690. The first kappa shape index (κ1) is 17.1. The van der Waals surface area contributed by atoms with Gasteiger partial charge in [-0.3, -0.25) is 9.69 Å². The van der Waals surface area contributed by atoms with Crippen LogP contribution in [0.5, 0.6) is 0 Å². The molecule has 6 heteroatoms. The van der Waals surface area contributed by atoms with E-state index in [4.69, 9.17) is 9.47 Å². The van der Waals surface area contributed by atoms with E-state index in [9.17, 15) is 9.90 Å². The quantitative estimate of drug-likeness (QED) is 0.751. The van der Waals surface area contributed by atoms with Crippen molar-refractivity contribution in [3.8, 4) is 0 Å². The maximum Gasteiger partial charge on any atom is 0.237 e. The summed E-state index contributed by atoms with van der Waals surface area (Å²) in [7, 11) is 0. The second-order valence-electron chi connectivity index (χ2n) is 7.17. The van der Waals surface area contributed by atoms with Gasteiger partial charge < -0.3 is 19.9 Å². The Balaban J connectivity index is 1.46. The van der Waals surface area contributed by atoms with E-state index in [1.807, 2.05) is 6.92 Å². The molecule has 3 fully saturated rings. The van der Waals surface area contributed by atoms with E-state index in [2.05, 4.69) is 10.2 Å². The Kier molecular flexibility index (Phi) is 5.57. The van der Waals surface area contributed by atoms with Crippen LogP contribution in [-0.4, -0.2) is 72.6 Å². The van der Waals surface area contributed by atoms with E-state index in [1.54, 1.807) is 0 Å². The van der Waals surface area contributed by atoms with Crippen molar-refractivity contribution in [3.63, 3.8) is 0 Å². The number of nitrogens with one attached hydrogen (secondary N) is 1. The molecule has 0 aromatic rings. The number of hydrogen-bond donors (Lipinski definition) is 2. The average molecular weight is 326 g/mol. The molecule has 0 aromatic heterocycles. The predicted molar refractivity (Wildman–Crippen MR) is 86.2 cm³/mol. The fraction of sp³-hybridized carbons (Fsp3) is 0.941. The van der Waals surface area contributed by atoms with Crippen LogP contribution in [0.1, 0.15) is 45.4 Å². The SMILES string of the molecule is CCOC1CC(O)(CNC(=O)C2CCCN2C2CCOCC2)C1. The van der Waals surface area contributed by atoms with E-state index in [-0.39, 0.29) is 18.1 Å². The van der Waals surface area contributed by atoms with Gasteiger partial charge in [0.2, 0.25) is 5.91 Å². The highest BCUT2D eigenvalue weighted by Gasteiger charge is 2.44. The van der Waals surface area contributed by atoms with Gasteiger partial charge in [0.05, 0.1) is 17.7 Å². The normalized spacial score (nSPS) is 35.9. The molecule has 3 rings (SSSR count). The van der Waals surface area contributed by atoms with Gasteiger partial charge in [-0.15, -0.1) is 0 Å². The standard InChI is InChI=1S/C17H30N2O4/c1-2-23-14-10-17(21,11-14)12-18-16(20)15-4-3-7-19(15)13-5-8-22-9-6-13/h13-15,21H,2-12H2,1H3,(H,18,20). The molecule has 2 saturated heterocycles. The molecule has 23 heavy (non-hydrogen) atoms. The zero-order valence-electron chi connectivity index (χ0n) is 14.1. The number of aliphatic hydroxyl groups is 1. The smallest absolute Gasteiger partial charge is 0.237 e. The number of rotatable bonds is 6. The number of carbonyl (C=O) groups is 1. The van der Waals surface area contributed by atoms with Crippen molar-refractivity contribution >= 4 is 5.91 Å². The lowest BCUT2D eigenvalue weighted by Gasteiger charge is -2.43. The molecule has 1 atom stereocenters. The highest BCUT2D eigenvalue weighted by molar-refractivity contribution is 5.82. The first-order valence-electron chi connectivity index (χ1n) is 9.06.